The molecule has 0 heterocycles. The minimum absolute atomic E-state index is 0.634. The Morgan fingerprint density at radius 3 is 2.73 bits per heavy atom. The van der Waals surface area contributed by atoms with E-state index in [0.717, 1.165) is 18.7 Å². The first-order valence-corrected chi connectivity index (χ1v) is 5.31. The fourth-order valence-electron chi connectivity index (χ4n) is 1.35. The Hall–Kier alpha value is -0.930. The molecule has 15 heavy (non-hydrogen) atoms. The zero-order valence-electron chi connectivity index (χ0n) is 9.16. The number of rotatable bonds is 5. The highest BCUT2D eigenvalue weighted by atomic mass is 35.5. The SMILES string of the molecule is COc1ccc(N(C)CCCN)cc1Cl. The van der Waals surface area contributed by atoms with Crippen molar-refractivity contribution in [2.24, 2.45) is 5.73 Å². The zero-order chi connectivity index (χ0) is 11.3. The van der Waals surface area contributed by atoms with Gasteiger partial charge in [0.15, 0.2) is 0 Å². The lowest BCUT2D eigenvalue weighted by Crippen LogP contribution is -2.20. The Morgan fingerprint density at radius 2 is 2.20 bits per heavy atom. The van der Waals surface area contributed by atoms with Crippen LogP contribution in [0.15, 0.2) is 18.2 Å². The van der Waals surface area contributed by atoms with E-state index in [4.69, 9.17) is 22.1 Å². The van der Waals surface area contributed by atoms with Gasteiger partial charge in [-0.05, 0) is 31.2 Å². The van der Waals surface area contributed by atoms with Crippen LogP contribution in [0.3, 0.4) is 0 Å². The summed E-state index contributed by atoms with van der Waals surface area (Å²) in [5.74, 6) is 0.702. The third-order valence-electron chi connectivity index (χ3n) is 2.27. The largest absolute Gasteiger partial charge is 0.495 e. The molecule has 0 spiro atoms. The zero-order valence-corrected chi connectivity index (χ0v) is 9.92. The van der Waals surface area contributed by atoms with Gasteiger partial charge in [0.25, 0.3) is 0 Å². The summed E-state index contributed by atoms with van der Waals surface area (Å²) in [4.78, 5) is 2.12. The van der Waals surface area contributed by atoms with Gasteiger partial charge in [0, 0.05) is 19.3 Å². The molecule has 0 fully saturated rings. The average Bonchev–Trinajstić information content (AvgIpc) is 2.25. The van der Waals surface area contributed by atoms with Gasteiger partial charge >= 0.3 is 0 Å². The molecule has 0 aliphatic carbocycles. The number of benzene rings is 1. The fourth-order valence-corrected chi connectivity index (χ4v) is 1.60. The first kappa shape index (κ1) is 12.1. The molecule has 0 atom stereocenters. The van der Waals surface area contributed by atoms with Gasteiger partial charge in [-0.3, -0.25) is 0 Å². The normalized spacial score (nSPS) is 10.1. The summed E-state index contributed by atoms with van der Waals surface area (Å²) in [6.45, 7) is 1.63. The van der Waals surface area contributed by atoms with Crippen LogP contribution in [0, 0.1) is 0 Å². The van der Waals surface area contributed by atoms with Crippen molar-refractivity contribution in [2.45, 2.75) is 6.42 Å². The number of halogens is 1. The van der Waals surface area contributed by atoms with E-state index in [0.29, 0.717) is 17.3 Å². The fraction of sp³-hybridized carbons (Fsp3) is 0.455. The number of ether oxygens (including phenoxy) is 1. The lowest BCUT2D eigenvalue weighted by molar-refractivity contribution is 0.415. The van der Waals surface area contributed by atoms with Crippen molar-refractivity contribution in [3.8, 4) is 5.75 Å². The summed E-state index contributed by atoms with van der Waals surface area (Å²) in [7, 11) is 3.63. The predicted molar refractivity (Wildman–Crippen MR) is 64.9 cm³/mol. The van der Waals surface area contributed by atoms with Crippen LogP contribution in [0.2, 0.25) is 5.02 Å². The molecule has 0 bridgehead atoms. The van der Waals surface area contributed by atoms with E-state index >= 15 is 0 Å². The summed E-state index contributed by atoms with van der Waals surface area (Å²) in [6, 6.07) is 5.76. The van der Waals surface area contributed by atoms with Gasteiger partial charge in [-0.15, -0.1) is 0 Å². The third kappa shape index (κ3) is 3.29. The van der Waals surface area contributed by atoms with Gasteiger partial charge < -0.3 is 15.4 Å². The van der Waals surface area contributed by atoms with Crippen LogP contribution in [-0.4, -0.2) is 27.2 Å². The Labute approximate surface area is 95.8 Å². The highest BCUT2D eigenvalue weighted by Crippen LogP contribution is 2.28. The van der Waals surface area contributed by atoms with Crippen molar-refractivity contribution in [3.05, 3.63) is 23.2 Å². The highest BCUT2D eigenvalue weighted by Gasteiger charge is 2.04. The molecule has 0 amide bonds. The first-order chi connectivity index (χ1) is 7.19. The number of anilines is 1. The molecule has 0 aromatic heterocycles. The molecule has 0 saturated carbocycles. The standard InChI is InChI=1S/C11H17ClN2O/c1-14(7-3-6-13)9-4-5-11(15-2)10(12)8-9/h4-5,8H,3,6-7,13H2,1-2H3. The van der Waals surface area contributed by atoms with Gasteiger partial charge in [-0.25, -0.2) is 0 Å². The van der Waals surface area contributed by atoms with Crippen LogP contribution in [-0.2, 0) is 0 Å². The van der Waals surface area contributed by atoms with E-state index in [2.05, 4.69) is 4.90 Å². The summed E-state index contributed by atoms with van der Waals surface area (Å²) in [5.41, 5.74) is 6.54. The molecule has 0 saturated heterocycles. The van der Waals surface area contributed by atoms with E-state index < -0.39 is 0 Å². The molecule has 1 aromatic carbocycles. The second-order valence-electron chi connectivity index (χ2n) is 3.38. The number of hydrogen-bond acceptors (Lipinski definition) is 3. The number of nitrogens with two attached hydrogens (primary N) is 1. The molecule has 84 valence electrons. The van der Waals surface area contributed by atoms with E-state index in [-0.39, 0.29) is 0 Å². The predicted octanol–water partition coefficient (Wildman–Crippen LogP) is 2.13. The molecular formula is C11H17ClN2O. The molecule has 2 N–H and O–H groups in total. The van der Waals surface area contributed by atoms with E-state index in [1.54, 1.807) is 7.11 Å². The maximum Gasteiger partial charge on any atom is 0.137 e. The molecule has 0 radical (unpaired) electrons. The Kier molecular flexibility index (Phi) is 4.72. The summed E-state index contributed by atoms with van der Waals surface area (Å²) >= 11 is 6.03. The maximum absolute atomic E-state index is 6.03. The summed E-state index contributed by atoms with van der Waals surface area (Å²) in [6.07, 6.45) is 0.972. The van der Waals surface area contributed by atoms with Crippen molar-refractivity contribution in [1.82, 2.24) is 0 Å². The molecule has 4 heteroatoms. The highest BCUT2D eigenvalue weighted by molar-refractivity contribution is 6.32. The smallest absolute Gasteiger partial charge is 0.137 e. The number of methoxy groups -OCH3 is 1. The van der Waals surface area contributed by atoms with Crippen molar-refractivity contribution >= 4 is 17.3 Å². The van der Waals surface area contributed by atoms with Crippen LogP contribution in [0.1, 0.15) is 6.42 Å². The van der Waals surface area contributed by atoms with E-state index in [1.807, 2.05) is 25.2 Å². The van der Waals surface area contributed by atoms with Crippen LogP contribution >= 0.6 is 11.6 Å². The monoisotopic (exact) mass is 228 g/mol. The third-order valence-corrected chi connectivity index (χ3v) is 2.57. The van der Waals surface area contributed by atoms with Gasteiger partial charge in [0.1, 0.15) is 5.75 Å². The van der Waals surface area contributed by atoms with Crippen LogP contribution in [0.4, 0.5) is 5.69 Å². The minimum atomic E-state index is 0.634. The average molecular weight is 229 g/mol. The van der Waals surface area contributed by atoms with Gasteiger partial charge in [-0.1, -0.05) is 11.6 Å². The number of hydrogen-bond donors (Lipinski definition) is 1. The van der Waals surface area contributed by atoms with Crippen LogP contribution in [0.5, 0.6) is 5.75 Å². The van der Waals surface area contributed by atoms with Crippen molar-refractivity contribution in [1.29, 1.82) is 0 Å². The second kappa shape index (κ2) is 5.83. The molecule has 0 aliphatic rings. The van der Waals surface area contributed by atoms with Crippen LogP contribution < -0.4 is 15.4 Å². The van der Waals surface area contributed by atoms with Gasteiger partial charge in [-0.2, -0.15) is 0 Å². The maximum atomic E-state index is 6.03. The first-order valence-electron chi connectivity index (χ1n) is 4.93. The molecular weight excluding hydrogens is 212 g/mol. The van der Waals surface area contributed by atoms with E-state index in [9.17, 15) is 0 Å². The molecule has 0 aliphatic heterocycles. The second-order valence-corrected chi connectivity index (χ2v) is 3.79. The quantitative estimate of drug-likeness (QED) is 0.839. The minimum Gasteiger partial charge on any atom is -0.495 e. The molecule has 0 unspecified atom stereocenters. The van der Waals surface area contributed by atoms with Gasteiger partial charge in [0.05, 0.1) is 12.1 Å². The van der Waals surface area contributed by atoms with Crippen molar-refractivity contribution in [3.63, 3.8) is 0 Å². The molecule has 3 nitrogen and oxygen atoms in total. The van der Waals surface area contributed by atoms with Gasteiger partial charge in [0.2, 0.25) is 0 Å². The topological polar surface area (TPSA) is 38.5 Å². The van der Waals surface area contributed by atoms with E-state index in [1.165, 1.54) is 0 Å². The molecule has 1 aromatic rings. The Balaban J connectivity index is 2.73. The Morgan fingerprint density at radius 1 is 1.47 bits per heavy atom. The Bertz CT molecular complexity index is 317. The molecule has 1 rings (SSSR count). The number of nitrogens with zero attached hydrogens (tertiary/aromatic N) is 1. The summed E-state index contributed by atoms with van der Waals surface area (Å²) in [5, 5.41) is 0.634. The van der Waals surface area contributed by atoms with Crippen molar-refractivity contribution < 1.29 is 4.74 Å². The lowest BCUT2D eigenvalue weighted by Gasteiger charge is -2.19. The van der Waals surface area contributed by atoms with Crippen LogP contribution in [0.25, 0.3) is 0 Å². The van der Waals surface area contributed by atoms with Crippen molar-refractivity contribution in [2.75, 3.05) is 32.1 Å². The lowest BCUT2D eigenvalue weighted by atomic mass is 10.2. The summed E-state index contributed by atoms with van der Waals surface area (Å²) < 4.78 is 5.09.